The second-order valence-corrected chi connectivity index (χ2v) is 6.32. The molecule has 1 aliphatic heterocycles. The Balaban J connectivity index is 1.37. The van der Waals surface area contributed by atoms with Crippen LogP contribution in [0.5, 0.6) is 5.75 Å². The fraction of sp³-hybridized carbons (Fsp3) is 0.278. The summed E-state index contributed by atoms with van der Waals surface area (Å²) in [4.78, 5) is 25.9. The fourth-order valence-electron chi connectivity index (χ4n) is 2.83. The van der Waals surface area contributed by atoms with Crippen LogP contribution in [-0.2, 0) is 7.05 Å². The van der Waals surface area contributed by atoms with Crippen molar-refractivity contribution in [1.29, 1.82) is 0 Å². The average molecular weight is 354 g/mol. The number of carbonyl (C=O) groups is 1. The lowest BCUT2D eigenvalue weighted by molar-refractivity contribution is 0.0172. The number of carbonyl (C=O) groups excluding carboxylic acids is 1. The Kier molecular flexibility index (Phi) is 3.87. The number of aromatic amines is 1. The zero-order chi connectivity index (χ0) is 18.3. The molecule has 1 fully saturated rings. The van der Waals surface area contributed by atoms with Gasteiger partial charge < -0.3 is 18.6 Å². The maximum Gasteiger partial charge on any atom is 0.274 e. The number of rotatable bonds is 4. The van der Waals surface area contributed by atoms with Gasteiger partial charge in [-0.2, -0.15) is 5.10 Å². The highest BCUT2D eigenvalue weighted by Crippen LogP contribution is 2.22. The predicted octanol–water partition coefficient (Wildman–Crippen LogP) is 1.58. The summed E-state index contributed by atoms with van der Waals surface area (Å²) in [5.41, 5.74) is 1.69. The Morgan fingerprint density at radius 2 is 2.15 bits per heavy atom. The van der Waals surface area contributed by atoms with E-state index in [1.807, 2.05) is 13.0 Å². The molecule has 26 heavy (non-hydrogen) atoms. The van der Waals surface area contributed by atoms with Crippen molar-refractivity contribution in [3.63, 3.8) is 0 Å². The minimum absolute atomic E-state index is 0.116. The second kappa shape index (κ2) is 6.21. The number of ether oxygens (including phenoxy) is 1. The quantitative estimate of drug-likeness (QED) is 0.768. The van der Waals surface area contributed by atoms with Crippen molar-refractivity contribution in [2.24, 2.45) is 7.05 Å². The minimum Gasteiger partial charge on any atom is -0.486 e. The Morgan fingerprint density at radius 1 is 1.35 bits per heavy atom. The van der Waals surface area contributed by atoms with E-state index in [0.717, 1.165) is 5.69 Å². The van der Waals surface area contributed by atoms with Crippen LogP contribution in [-0.4, -0.2) is 44.8 Å². The van der Waals surface area contributed by atoms with E-state index in [-0.39, 0.29) is 17.6 Å². The van der Waals surface area contributed by atoms with Crippen LogP contribution < -0.4 is 10.3 Å². The number of likely N-dealkylation sites (tertiary alicyclic amines) is 1. The molecule has 8 heteroatoms. The lowest BCUT2D eigenvalue weighted by Gasteiger charge is -2.38. The number of pyridine rings is 1. The van der Waals surface area contributed by atoms with E-state index in [1.54, 1.807) is 41.0 Å². The molecule has 134 valence electrons. The molecule has 4 heterocycles. The fourth-order valence-corrected chi connectivity index (χ4v) is 2.83. The molecule has 3 aromatic heterocycles. The van der Waals surface area contributed by atoms with Gasteiger partial charge in [-0.15, -0.1) is 0 Å². The number of H-pyrrole nitrogens is 1. The lowest BCUT2D eigenvalue weighted by atomic mass is 10.1. The van der Waals surface area contributed by atoms with Gasteiger partial charge in [-0.25, -0.2) is 0 Å². The molecule has 0 atom stereocenters. The summed E-state index contributed by atoms with van der Waals surface area (Å²) < 4.78 is 12.6. The molecular formula is C18H18N4O4. The van der Waals surface area contributed by atoms with Crippen LogP contribution in [0.4, 0.5) is 0 Å². The largest absolute Gasteiger partial charge is 0.486 e. The molecular weight excluding hydrogens is 336 g/mol. The zero-order valence-electron chi connectivity index (χ0n) is 14.4. The van der Waals surface area contributed by atoms with Gasteiger partial charge in [0.2, 0.25) is 0 Å². The van der Waals surface area contributed by atoms with Crippen molar-refractivity contribution in [3.05, 3.63) is 58.3 Å². The zero-order valence-corrected chi connectivity index (χ0v) is 14.4. The highest BCUT2D eigenvalue weighted by Gasteiger charge is 2.34. The standard InChI is InChI=1S/C18H18N4O4/c1-11-6-12(7-17(23)21(11)2)26-13-9-22(10-13)18(24)15-8-14(19-20-15)16-4-3-5-25-16/h3-8,13H,9-10H2,1-2H3,(H,19,20). The third kappa shape index (κ3) is 2.90. The molecule has 1 aliphatic rings. The number of nitrogens with zero attached hydrogens (tertiary/aromatic N) is 3. The summed E-state index contributed by atoms with van der Waals surface area (Å²) >= 11 is 0. The SMILES string of the molecule is Cc1cc(OC2CN(C(=O)c3cc(-c4ccco4)[nH]n3)C2)cc(=O)n1C. The van der Waals surface area contributed by atoms with Crippen molar-refractivity contribution in [2.75, 3.05) is 13.1 Å². The van der Waals surface area contributed by atoms with Crippen molar-refractivity contribution < 1.29 is 13.9 Å². The number of furan rings is 1. The van der Waals surface area contributed by atoms with Gasteiger partial charge in [-0.1, -0.05) is 0 Å². The molecule has 0 spiro atoms. The van der Waals surface area contributed by atoms with Crippen molar-refractivity contribution >= 4 is 5.91 Å². The monoisotopic (exact) mass is 354 g/mol. The van der Waals surface area contributed by atoms with Crippen LogP contribution in [0.2, 0.25) is 0 Å². The summed E-state index contributed by atoms with van der Waals surface area (Å²) in [5.74, 6) is 0.990. The van der Waals surface area contributed by atoms with Crippen LogP contribution in [0.1, 0.15) is 16.2 Å². The lowest BCUT2D eigenvalue weighted by Crippen LogP contribution is -2.56. The average Bonchev–Trinajstić information content (AvgIpc) is 3.25. The molecule has 0 aromatic carbocycles. The van der Waals surface area contributed by atoms with E-state index in [0.29, 0.717) is 36.0 Å². The summed E-state index contributed by atoms with van der Waals surface area (Å²) in [6.07, 6.45) is 1.43. The van der Waals surface area contributed by atoms with Crippen molar-refractivity contribution in [2.45, 2.75) is 13.0 Å². The first-order chi connectivity index (χ1) is 12.5. The number of aromatic nitrogens is 3. The number of amides is 1. The normalized spacial score (nSPS) is 14.3. The van der Waals surface area contributed by atoms with Crippen LogP contribution in [0.25, 0.3) is 11.5 Å². The first-order valence-electron chi connectivity index (χ1n) is 8.24. The van der Waals surface area contributed by atoms with Gasteiger partial charge in [-0.3, -0.25) is 14.7 Å². The molecule has 0 unspecified atom stereocenters. The Bertz CT molecular complexity index is 997. The Hall–Kier alpha value is -3.29. The molecule has 1 saturated heterocycles. The third-order valence-electron chi connectivity index (χ3n) is 4.50. The number of aryl methyl sites for hydroxylation is 1. The second-order valence-electron chi connectivity index (χ2n) is 6.32. The van der Waals surface area contributed by atoms with E-state index in [4.69, 9.17) is 9.15 Å². The summed E-state index contributed by atoms with van der Waals surface area (Å²) in [6.45, 7) is 2.76. The molecule has 1 amide bonds. The molecule has 0 saturated carbocycles. The van der Waals surface area contributed by atoms with E-state index < -0.39 is 0 Å². The van der Waals surface area contributed by atoms with Gasteiger partial charge in [0.25, 0.3) is 11.5 Å². The smallest absolute Gasteiger partial charge is 0.274 e. The molecule has 0 radical (unpaired) electrons. The molecule has 3 aromatic rings. The molecule has 1 N–H and O–H groups in total. The summed E-state index contributed by atoms with van der Waals surface area (Å²) in [7, 11) is 1.71. The minimum atomic E-state index is -0.168. The van der Waals surface area contributed by atoms with E-state index >= 15 is 0 Å². The van der Waals surface area contributed by atoms with Crippen molar-refractivity contribution in [3.8, 4) is 17.2 Å². The summed E-state index contributed by atoms with van der Waals surface area (Å²) in [6, 6.07) is 8.50. The van der Waals surface area contributed by atoms with Gasteiger partial charge in [0, 0.05) is 24.9 Å². The Morgan fingerprint density at radius 3 is 2.85 bits per heavy atom. The molecule has 0 bridgehead atoms. The predicted molar refractivity (Wildman–Crippen MR) is 93.0 cm³/mol. The van der Waals surface area contributed by atoms with Crippen LogP contribution >= 0.6 is 0 Å². The van der Waals surface area contributed by atoms with Gasteiger partial charge in [0.1, 0.15) is 17.5 Å². The highest BCUT2D eigenvalue weighted by atomic mass is 16.5. The van der Waals surface area contributed by atoms with Gasteiger partial charge >= 0.3 is 0 Å². The number of hydrogen-bond donors (Lipinski definition) is 1. The van der Waals surface area contributed by atoms with Gasteiger partial charge in [0.05, 0.1) is 19.4 Å². The maximum atomic E-state index is 12.5. The number of nitrogens with one attached hydrogen (secondary N) is 1. The summed E-state index contributed by atoms with van der Waals surface area (Å²) in [5, 5.41) is 6.86. The van der Waals surface area contributed by atoms with Crippen LogP contribution in [0, 0.1) is 6.92 Å². The Labute approximate surface area is 149 Å². The first-order valence-corrected chi connectivity index (χ1v) is 8.24. The molecule has 8 nitrogen and oxygen atoms in total. The highest BCUT2D eigenvalue weighted by molar-refractivity contribution is 5.93. The van der Waals surface area contributed by atoms with Crippen molar-refractivity contribution in [1.82, 2.24) is 19.7 Å². The van der Waals surface area contributed by atoms with Gasteiger partial charge in [-0.05, 0) is 25.1 Å². The van der Waals surface area contributed by atoms with E-state index in [9.17, 15) is 9.59 Å². The van der Waals surface area contributed by atoms with Crippen LogP contribution in [0.15, 0.2) is 45.8 Å². The topological polar surface area (TPSA) is 93.4 Å². The third-order valence-corrected chi connectivity index (χ3v) is 4.50. The van der Waals surface area contributed by atoms with E-state index in [2.05, 4.69) is 10.2 Å². The van der Waals surface area contributed by atoms with Gasteiger partial charge in [0.15, 0.2) is 11.5 Å². The maximum absolute atomic E-state index is 12.5. The molecule has 4 rings (SSSR count). The molecule has 0 aliphatic carbocycles. The number of hydrogen-bond acceptors (Lipinski definition) is 5. The van der Waals surface area contributed by atoms with E-state index in [1.165, 1.54) is 6.07 Å². The first kappa shape index (κ1) is 16.2. The van der Waals surface area contributed by atoms with Crippen LogP contribution in [0.3, 0.4) is 0 Å².